The molecular formula is C13H10FN3O3. The third kappa shape index (κ3) is 1.75. The molecule has 2 aromatic rings. The van der Waals surface area contributed by atoms with Gasteiger partial charge < -0.3 is 9.84 Å². The topological polar surface area (TPSA) is 75.4 Å². The summed E-state index contributed by atoms with van der Waals surface area (Å²) in [6.07, 6.45) is 0. The minimum Gasteiger partial charge on any atom is -0.354 e. The molecule has 0 unspecified atom stereocenters. The van der Waals surface area contributed by atoms with Crippen molar-refractivity contribution >= 4 is 17.8 Å². The Morgan fingerprint density at radius 2 is 2.10 bits per heavy atom. The van der Waals surface area contributed by atoms with Gasteiger partial charge in [0.05, 0.1) is 12.1 Å². The van der Waals surface area contributed by atoms with Gasteiger partial charge in [0.1, 0.15) is 5.82 Å². The van der Waals surface area contributed by atoms with Gasteiger partial charge in [-0.05, 0) is 19.1 Å². The summed E-state index contributed by atoms with van der Waals surface area (Å²) in [6.45, 7) is 1.53. The van der Waals surface area contributed by atoms with Crippen molar-refractivity contribution in [3.63, 3.8) is 0 Å². The number of nitrogens with zero attached hydrogens (tertiary/aromatic N) is 2. The maximum absolute atomic E-state index is 13.7. The van der Waals surface area contributed by atoms with E-state index in [-0.39, 0.29) is 23.7 Å². The third-order valence-electron chi connectivity index (χ3n) is 3.07. The first-order valence-electron chi connectivity index (χ1n) is 5.91. The summed E-state index contributed by atoms with van der Waals surface area (Å²) >= 11 is 0. The second-order valence-electron chi connectivity index (χ2n) is 4.33. The molecule has 0 bridgehead atoms. The van der Waals surface area contributed by atoms with Crippen LogP contribution in [0.2, 0.25) is 0 Å². The molecule has 2 heterocycles. The van der Waals surface area contributed by atoms with Crippen LogP contribution in [-0.2, 0) is 4.79 Å². The van der Waals surface area contributed by atoms with E-state index in [0.29, 0.717) is 5.56 Å². The molecule has 20 heavy (non-hydrogen) atoms. The average molecular weight is 275 g/mol. The van der Waals surface area contributed by atoms with E-state index in [9.17, 15) is 14.0 Å². The number of carbonyl (C=O) groups excluding carboxylic acids is 2. The maximum atomic E-state index is 13.7. The molecule has 0 spiro atoms. The number of amides is 3. The molecule has 1 fully saturated rings. The lowest BCUT2D eigenvalue weighted by molar-refractivity contribution is -0.115. The molecular weight excluding hydrogens is 265 g/mol. The number of rotatable bonds is 2. The summed E-state index contributed by atoms with van der Waals surface area (Å²) in [5.41, 5.74) is 0.663. The van der Waals surface area contributed by atoms with Crippen LogP contribution in [0.5, 0.6) is 0 Å². The zero-order chi connectivity index (χ0) is 14.3. The summed E-state index contributed by atoms with van der Waals surface area (Å²) in [6, 6.07) is 5.49. The Kier molecular flexibility index (Phi) is 2.74. The zero-order valence-electron chi connectivity index (χ0n) is 10.5. The van der Waals surface area contributed by atoms with Crippen molar-refractivity contribution in [1.82, 2.24) is 10.5 Å². The second kappa shape index (κ2) is 4.44. The number of anilines is 1. The number of imide groups is 1. The van der Waals surface area contributed by atoms with Gasteiger partial charge in [-0.3, -0.25) is 4.79 Å². The van der Waals surface area contributed by atoms with Crippen molar-refractivity contribution in [3.8, 4) is 11.3 Å². The Morgan fingerprint density at radius 3 is 2.75 bits per heavy atom. The largest absolute Gasteiger partial charge is 0.354 e. The fraction of sp³-hybridized carbons (Fsp3) is 0.154. The maximum Gasteiger partial charge on any atom is 0.330 e. The number of aromatic nitrogens is 1. The lowest BCUT2D eigenvalue weighted by atomic mass is 10.1. The molecule has 102 valence electrons. The normalized spacial score (nSPS) is 14.8. The van der Waals surface area contributed by atoms with Crippen LogP contribution in [0, 0.1) is 12.7 Å². The van der Waals surface area contributed by atoms with Crippen LogP contribution in [0.1, 0.15) is 5.56 Å². The number of hydrogen-bond acceptors (Lipinski definition) is 4. The molecule has 7 heteroatoms. The summed E-state index contributed by atoms with van der Waals surface area (Å²) in [5, 5.41) is 6.11. The molecule has 1 N–H and O–H groups in total. The monoisotopic (exact) mass is 275 g/mol. The highest BCUT2D eigenvalue weighted by Gasteiger charge is 2.34. The molecule has 3 amide bonds. The Morgan fingerprint density at radius 1 is 1.35 bits per heavy atom. The van der Waals surface area contributed by atoms with Gasteiger partial charge in [0.15, 0.2) is 11.6 Å². The molecule has 1 saturated heterocycles. The van der Waals surface area contributed by atoms with Crippen LogP contribution >= 0.6 is 0 Å². The van der Waals surface area contributed by atoms with Gasteiger partial charge in [-0.1, -0.05) is 17.3 Å². The molecule has 1 aliphatic rings. The van der Waals surface area contributed by atoms with Gasteiger partial charge in [0.25, 0.3) is 5.91 Å². The van der Waals surface area contributed by atoms with Crippen molar-refractivity contribution in [2.24, 2.45) is 0 Å². The number of hydrogen-bond donors (Lipinski definition) is 1. The highest BCUT2D eigenvalue weighted by atomic mass is 19.1. The number of benzene rings is 1. The predicted molar refractivity (Wildman–Crippen MR) is 67.5 cm³/mol. The van der Waals surface area contributed by atoms with E-state index in [1.165, 1.54) is 6.07 Å². The van der Waals surface area contributed by atoms with Crippen molar-refractivity contribution in [2.75, 3.05) is 11.4 Å². The second-order valence-corrected chi connectivity index (χ2v) is 4.33. The average Bonchev–Trinajstić information content (AvgIpc) is 2.94. The lowest BCUT2D eigenvalue weighted by Gasteiger charge is -2.08. The fourth-order valence-electron chi connectivity index (χ4n) is 2.07. The van der Waals surface area contributed by atoms with Crippen molar-refractivity contribution in [2.45, 2.75) is 6.92 Å². The minimum atomic E-state index is -0.563. The molecule has 1 aromatic heterocycles. The molecule has 0 radical (unpaired) electrons. The van der Waals surface area contributed by atoms with Crippen LogP contribution in [0.3, 0.4) is 0 Å². The van der Waals surface area contributed by atoms with Crippen molar-refractivity contribution < 1.29 is 18.5 Å². The molecule has 1 aromatic carbocycles. The van der Waals surface area contributed by atoms with E-state index < -0.39 is 17.8 Å². The van der Waals surface area contributed by atoms with Crippen LogP contribution in [0.25, 0.3) is 11.3 Å². The van der Waals surface area contributed by atoms with E-state index in [4.69, 9.17) is 4.52 Å². The first-order valence-corrected chi connectivity index (χ1v) is 5.91. The molecule has 0 aliphatic carbocycles. The molecule has 3 rings (SSSR count). The van der Waals surface area contributed by atoms with E-state index in [2.05, 4.69) is 10.5 Å². The van der Waals surface area contributed by atoms with Crippen LogP contribution < -0.4 is 10.2 Å². The first kappa shape index (κ1) is 12.3. The fourth-order valence-corrected chi connectivity index (χ4v) is 2.07. The van der Waals surface area contributed by atoms with E-state index in [1.807, 2.05) is 0 Å². The van der Waals surface area contributed by atoms with Crippen LogP contribution in [-0.4, -0.2) is 23.6 Å². The Labute approximate surface area is 113 Å². The number of carbonyl (C=O) groups is 2. The number of nitrogens with one attached hydrogen (secondary N) is 1. The summed E-state index contributed by atoms with van der Waals surface area (Å²) in [4.78, 5) is 24.1. The summed E-state index contributed by atoms with van der Waals surface area (Å²) < 4.78 is 18.9. The van der Waals surface area contributed by atoms with Crippen LogP contribution in [0.4, 0.5) is 15.0 Å². The predicted octanol–water partition coefficient (Wildman–Crippen LogP) is 1.85. The Balaban J connectivity index is 2.08. The number of halogens is 1. The van der Waals surface area contributed by atoms with E-state index in [0.717, 1.165) is 4.90 Å². The smallest absolute Gasteiger partial charge is 0.330 e. The van der Waals surface area contributed by atoms with Gasteiger partial charge >= 0.3 is 6.03 Å². The SMILES string of the molecule is Cc1c(N2C(=O)CNC2=O)noc1-c1ccccc1F. The lowest BCUT2D eigenvalue weighted by Crippen LogP contribution is -2.31. The quantitative estimate of drug-likeness (QED) is 0.848. The highest BCUT2D eigenvalue weighted by Crippen LogP contribution is 2.32. The highest BCUT2D eigenvalue weighted by molar-refractivity contribution is 6.19. The molecule has 6 nitrogen and oxygen atoms in total. The third-order valence-corrected chi connectivity index (χ3v) is 3.07. The van der Waals surface area contributed by atoms with E-state index in [1.54, 1.807) is 25.1 Å². The van der Waals surface area contributed by atoms with Gasteiger partial charge in [0.2, 0.25) is 0 Å². The van der Waals surface area contributed by atoms with Crippen molar-refractivity contribution in [1.29, 1.82) is 0 Å². The van der Waals surface area contributed by atoms with Gasteiger partial charge in [-0.15, -0.1) is 0 Å². The summed E-state index contributed by atoms with van der Waals surface area (Å²) in [5.74, 6) is -0.601. The van der Waals surface area contributed by atoms with Crippen molar-refractivity contribution in [3.05, 3.63) is 35.6 Å². The molecule has 1 aliphatic heterocycles. The number of urea groups is 1. The van der Waals surface area contributed by atoms with Gasteiger partial charge in [-0.25, -0.2) is 14.1 Å². The van der Waals surface area contributed by atoms with Gasteiger partial charge in [0, 0.05) is 5.56 Å². The first-order chi connectivity index (χ1) is 9.59. The molecule has 0 saturated carbocycles. The van der Waals surface area contributed by atoms with Crippen LogP contribution in [0.15, 0.2) is 28.8 Å². The van der Waals surface area contributed by atoms with Gasteiger partial charge in [-0.2, -0.15) is 0 Å². The Hall–Kier alpha value is -2.70. The minimum absolute atomic E-state index is 0.0832. The standard InChI is InChI=1S/C13H10FN3O3/c1-7-11(8-4-2-3-5-9(8)14)20-16-12(7)17-10(18)6-15-13(17)19/h2-5H,6H2,1H3,(H,15,19). The zero-order valence-corrected chi connectivity index (χ0v) is 10.5. The Bertz CT molecular complexity index is 695. The van der Waals surface area contributed by atoms with E-state index >= 15 is 0 Å². The summed E-state index contributed by atoms with van der Waals surface area (Å²) in [7, 11) is 0. The molecule has 0 atom stereocenters.